The molecule has 0 aliphatic carbocycles. The number of rotatable bonds is 3. The molecule has 0 saturated heterocycles. The topological polar surface area (TPSA) is 77.1 Å². The van der Waals surface area contributed by atoms with Gasteiger partial charge in [-0.05, 0) is 13.0 Å². The van der Waals surface area contributed by atoms with Gasteiger partial charge in [0.1, 0.15) is 5.82 Å². The van der Waals surface area contributed by atoms with Gasteiger partial charge in [-0.15, -0.1) is 0 Å². The highest BCUT2D eigenvalue weighted by atomic mass is 19.1. The number of halogens is 1. The van der Waals surface area contributed by atoms with Crippen molar-refractivity contribution in [1.82, 2.24) is 14.3 Å². The van der Waals surface area contributed by atoms with E-state index in [4.69, 9.17) is 0 Å². The van der Waals surface area contributed by atoms with Crippen LogP contribution >= 0.6 is 0 Å². The summed E-state index contributed by atoms with van der Waals surface area (Å²) in [5.41, 5.74) is 0.390. The third-order valence-electron chi connectivity index (χ3n) is 3.82. The Balaban J connectivity index is 2.35. The quantitative estimate of drug-likeness (QED) is 0.801. The molecule has 3 rings (SSSR count). The molecule has 0 spiro atoms. The number of hydrogen-bond donors (Lipinski definition) is 1. The zero-order chi connectivity index (χ0) is 16.7. The lowest BCUT2D eigenvalue weighted by Gasteiger charge is -2.14. The van der Waals surface area contributed by atoms with Gasteiger partial charge in [0.05, 0.1) is 23.7 Å². The minimum Gasteiger partial charge on any atom is -0.478 e. The Morgan fingerprint density at radius 2 is 2.13 bits per heavy atom. The molecule has 0 saturated carbocycles. The summed E-state index contributed by atoms with van der Waals surface area (Å²) in [5.74, 6) is -1.92. The number of carbonyl (C=O) groups is 1. The summed E-state index contributed by atoms with van der Waals surface area (Å²) in [6.07, 6.45) is 3.30. The minimum atomic E-state index is -1.20. The van der Waals surface area contributed by atoms with Crippen molar-refractivity contribution in [1.29, 1.82) is 0 Å². The fraction of sp³-hybridized carbons (Fsp3) is 0.188. The number of fused-ring (bicyclic) bond motifs is 1. The zero-order valence-corrected chi connectivity index (χ0v) is 12.6. The maximum atomic E-state index is 14.1. The van der Waals surface area contributed by atoms with Crippen LogP contribution in [0, 0.1) is 12.7 Å². The van der Waals surface area contributed by atoms with Crippen molar-refractivity contribution in [3.05, 3.63) is 63.6 Å². The van der Waals surface area contributed by atoms with Gasteiger partial charge >= 0.3 is 5.97 Å². The van der Waals surface area contributed by atoms with Crippen molar-refractivity contribution in [2.75, 3.05) is 0 Å². The first-order valence-electron chi connectivity index (χ1n) is 6.92. The molecule has 0 amide bonds. The lowest BCUT2D eigenvalue weighted by atomic mass is 10.0. The maximum Gasteiger partial charge on any atom is 0.338 e. The van der Waals surface area contributed by atoms with Crippen LogP contribution < -0.4 is 5.56 Å². The number of benzene rings is 1. The van der Waals surface area contributed by atoms with E-state index in [9.17, 15) is 19.1 Å². The Bertz CT molecular complexity index is 988. The molecule has 1 N–H and O–H groups in total. The molecule has 0 aliphatic heterocycles. The molecule has 0 atom stereocenters. The largest absolute Gasteiger partial charge is 0.478 e. The molecule has 118 valence electrons. The summed E-state index contributed by atoms with van der Waals surface area (Å²) >= 11 is 0. The second-order valence-corrected chi connectivity index (χ2v) is 5.34. The molecule has 0 fully saturated rings. The summed E-state index contributed by atoms with van der Waals surface area (Å²) in [4.78, 5) is 24.3. The molecule has 3 aromatic rings. The van der Waals surface area contributed by atoms with Crippen molar-refractivity contribution in [2.45, 2.75) is 13.5 Å². The SMILES string of the molecule is Cc1c(C(=O)O)c2cccc(F)c2c(=O)n1Cc1cnn(C)c1. The second kappa shape index (κ2) is 5.35. The van der Waals surface area contributed by atoms with Crippen LogP contribution in [-0.4, -0.2) is 25.4 Å². The molecule has 2 heterocycles. The van der Waals surface area contributed by atoms with E-state index in [0.717, 1.165) is 11.6 Å². The van der Waals surface area contributed by atoms with Crippen LogP contribution in [0.3, 0.4) is 0 Å². The van der Waals surface area contributed by atoms with Crippen LogP contribution in [0.5, 0.6) is 0 Å². The first-order chi connectivity index (χ1) is 10.9. The van der Waals surface area contributed by atoms with E-state index in [1.54, 1.807) is 31.0 Å². The average Bonchev–Trinajstić information content (AvgIpc) is 2.88. The molecule has 1 aromatic carbocycles. The van der Waals surface area contributed by atoms with Crippen LogP contribution in [0.15, 0.2) is 35.4 Å². The van der Waals surface area contributed by atoms with Gasteiger partial charge in [0.2, 0.25) is 0 Å². The molecule has 0 bridgehead atoms. The van der Waals surface area contributed by atoms with Crippen molar-refractivity contribution >= 4 is 16.7 Å². The van der Waals surface area contributed by atoms with Gasteiger partial charge in [-0.2, -0.15) is 5.10 Å². The Morgan fingerprint density at radius 3 is 2.74 bits per heavy atom. The van der Waals surface area contributed by atoms with Crippen LogP contribution in [-0.2, 0) is 13.6 Å². The zero-order valence-electron chi connectivity index (χ0n) is 12.6. The summed E-state index contributed by atoms with van der Waals surface area (Å²) in [6, 6.07) is 4.00. The predicted octanol–water partition coefficient (Wildman–Crippen LogP) is 1.93. The van der Waals surface area contributed by atoms with Crippen molar-refractivity contribution < 1.29 is 14.3 Å². The summed E-state index contributed by atoms with van der Waals surface area (Å²) < 4.78 is 17.0. The minimum absolute atomic E-state index is 0.0667. The molecule has 0 radical (unpaired) electrons. The Hall–Kier alpha value is -2.96. The third kappa shape index (κ3) is 2.40. The Kier molecular flexibility index (Phi) is 3.48. The maximum absolute atomic E-state index is 14.1. The van der Waals surface area contributed by atoms with Gasteiger partial charge in [0.15, 0.2) is 0 Å². The van der Waals surface area contributed by atoms with Crippen molar-refractivity contribution in [3.63, 3.8) is 0 Å². The molecule has 0 unspecified atom stereocenters. The highest BCUT2D eigenvalue weighted by Gasteiger charge is 2.21. The van der Waals surface area contributed by atoms with E-state index >= 15 is 0 Å². The first-order valence-corrected chi connectivity index (χ1v) is 6.92. The van der Waals surface area contributed by atoms with Crippen molar-refractivity contribution in [3.8, 4) is 0 Å². The summed E-state index contributed by atoms with van der Waals surface area (Å²) in [5, 5.41) is 13.4. The smallest absolute Gasteiger partial charge is 0.338 e. The number of hydrogen-bond acceptors (Lipinski definition) is 3. The van der Waals surface area contributed by atoms with E-state index in [1.807, 2.05) is 0 Å². The first kappa shape index (κ1) is 15.0. The highest BCUT2D eigenvalue weighted by Crippen LogP contribution is 2.22. The van der Waals surface area contributed by atoms with Gasteiger partial charge in [-0.3, -0.25) is 9.48 Å². The molecule has 23 heavy (non-hydrogen) atoms. The van der Waals surface area contributed by atoms with Gasteiger partial charge in [-0.25, -0.2) is 9.18 Å². The number of pyridine rings is 1. The van der Waals surface area contributed by atoms with E-state index in [1.165, 1.54) is 16.7 Å². The predicted molar refractivity (Wildman–Crippen MR) is 82.2 cm³/mol. The fourth-order valence-corrected chi connectivity index (χ4v) is 2.76. The van der Waals surface area contributed by atoms with Crippen LogP contribution in [0.1, 0.15) is 21.6 Å². The van der Waals surface area contributed by atoms with Gasteiger partial charge < -0.3 is 9.67 Å². The monoisotopic (exact) mass is 315 g/mol. The summed E-state index contributed by atoms with van der Waals surface area (Å²) in [7, 11) is 1.74. The number of carboxylic acid groups (broad SMARTS) is 1. The van der Waals surface area contributed by atoms with E-state index in [2.05, 4.69) is 5.10 Å². The molecule has 6 nitrogen and oxygen atoms in total. The van der Waals surface area contributed by atoms with Gasteiger partial charge in [0.25, 0.3) is 5.56 Å². The molecular weight excluding hydrogens is 301 g/mol. The van der Waals surface area contributed by atoms with Crippen molar-refractivity contribution in [2.24, 2.45) is 7.05 Å². The lowest BCUT2D eigenvalue weighted by molar-refractivity contribution is 0.0697. The lowest BCUT2D eigenvalue weighted by Crippen LogP contribution is -2.26. The number of carboxylic acids is 1. The number of aromatic carboxylic acids is 1. The molecule has 0 aliphatic rings. The standard InChI is InChI=1S/C16H14FN3O3/c1-9-13(16(22)23)11-4-3-5-12(17)14(11)15(21)20(9)8-10-6-18-19(2)7-10/h3-7H,8H2,1-2H3,(H,22,23). The normalized spacial score (nSPS) is 11.1. The van der Waals surface area contributed by atoms with Crippen LogP contribution in [0.25, 0.3) is 10.8 Å². The van der Waals surface area contributed by atoms with Gasteiger partial charge in [-0.1, -0.05) is 12.1 Å². The van der Waals surface area contributed by atoms with Gasteiger partial charge in [0, 0.05) is 29.9 Å². The fourth-order valence-electron chi connectivity index (χ4n) is 2.76. The molecule has 7 heteroatoms. The third-order valence-corrected chi connectivity index (χ3v) is 3.82. The number of aryl methyl sites for hydroxylation is 1. The Morgan fingerprint density at radius 1 is 1.39 bits per heavy atom. The Labute approximate surface area is 130 Å². The molecular formula is C16H14FN3O3. The van der Waals surface area contributed by atoms with Crippen LogP contribution in [0.2, 0.25) is 0 Å². The van der Waals surface area contributed by atoms with Crippen LogP contribution in [0.4, 0.5) is 4.39 Å². The number of aromatic nitrogens is 3. The van der Waals surface area contributed by atoms with E-state index in [0.29, 0.717) is 0 Å². The number of nitrogens with zero attached hydrogens (tertiary/aromatic N) is 3. The van der Waals surface area contributed by atoms with E-state index in [-0.39, 0.29) is 28.6 Å². The van der Waals surface area contributed by atoms with E-state index < -0.39 is 17.3 Å². The second-order valence-electron chi connectivity index (χ2n) is 5.34. The summed E-state index contributed by atoms with van der Waals surface area (Å²) in [6.45, 7) is 1.68. The average molecular weight is 315 g/mol. The highest BCUT2D eigenvalue weighted by molar-refractivity contribution is 6.04. The molecule has 2 aromatic heterocycles.